The average molecular weight is 288 g/mol. The van der Waals surface area contributed by atoms with E-state index >= 15 is 0 Å². The molecule has 0 aliphatic rings. The minimum Gasteiger partial charge on any atom is -0.409 e. The highest BCUT2D eigenvalue weighted by Crippen LogP contribution is 2.25. The fourth-order valence-corrected chi connectivity index (χ4v) is 1.11. The van der Waals surface area contributed by atoms with Gasteiger partial charge in [0.05, 0.1) is 0 Å². The number of halogens is 3. The van der Waals surface area contributed by atoms with Gasteiger partial charge in [-0.2, -0.15) is 17.9 Å². The Morgan fingerprint density at radius 3 is 2.06 bits per heavy atom. The first kappa shape index (κ1) is 16.2. The third kappa shape index (κ3) is 7.21. The van der Waals surface area contributed by atoms with Gasteiger partial charge in [0.25, 0.3) is 0 Å². The van der Waals surface area contributed by atoms with Crippen molar-refractivity contribution in [2.45, 2.75) is 6.36 Å². The lowest BCUT2D eigenvalue weighted by Crippen LogP contribution is -2.18. The van der Waals surface area contributed by atoms with E-state index in [0.29, 0.717) is 5.75 Å². The maximum Gasteiger partial charge on any atom is 0.573 e. The van der Waals surface area contributed by atoms with E-state index in [1.807, 2.05) is 0 Å². The number of alkyl halides is 3. The van der Waals surface area contributed by atoms with Gasteiger partial charge in [0.2, 0.25) is 0 Å². The minimum atomic E-state index is -4.69. The van der Waals surface area contributed by atoms with E-state index in [1.54, 1.807) is 7.05 Å². The molecule has 0 radical (unpaired) electrons. The molecule has 4 nitrogen and oxygen atoms in total. The zero-order chi connectivity index (χ0) is 12.2. The summed E-state index contributed by atoms with van der Waals surface area (Å²) in [6, 6.07) is 4.99. The molecule has 0 aliphatic carbocycles. The number of hydrazine groups is 1. The molecule has 0 atom stereocenters. The molecule has 0 spiro atoms. The zero-order valence-electron chi connectivity index (χ0n) is 8.69. The van der Waals surface area contributed by atoms with Crippen molar-refractivity contribution in [2.24, 2.45) is 5.84 Å². The fraction of sp³-hybridized carbons (Fsp3) is 0.250. The summed E-state index contributed by atoms with van der Waals surface area (Å²) >= 11 is 0.851. The molecule has 1 rings (SSSR count). The smallest absolute Gasteiger partial charge is 0.409 e. The maximum atomic E-state index is 11.8. The van der Waals surface area contributed by atoms with Crippen LogP contribution < -0.4 is 14.8 Å². The molecular formula is C8H11F3N2O2S2. The van der Waals surface area contributed by atoms with Crippen molar-refractivity contribution in [3.8, 4) is 11.5 Å². The molecule has 9 heteroatoms. The van der Waals surface area contributed by atoms with Gasteiger partial charge in [0, 0.05) is 7.05 Å². The Morgan fingerprint density at radius 1 is 1.18 bits per heavy atom. The van der Waals surface area contributed by atoms with Crippen molar-refractivity contribution in [1.82, 2.24) is 4.41 Å². The van der Waals surface area contributed by atoms with Crippen molar-refractivity contribution < 1.29 is 22.1 Å². The molecule has 0 unspecified atom stereocenters. The SMILES string of the molecule is CN(N)SOc1ccc(OC(F)(F)F)cc1.S. The van der Waals surface area contributed by atoms with Gasteiger partial charge in [-0.3, -0.25) is 5.84 Å². The van der Waals surface area contributed by atoms with Crippen LogP contribution in [0, 0.1) is 0 Å². The van der Waals surface area contributed by atoms with Crippen molar-refractivity contribution in [3.63, 3.8) is 0 Å². The van der Waals surface area contributed by atoms with E-state index in [-0.39, 0.29) is 19.2 Å². The lowest BCUT2D eigenvalue weighted by atomic mass is 10.3. The summed E-state index contributed by atoms with van der Waals surface area (Å²) < 4.78 is 45.4. The van der Waals surface area contributed by atoms with Crippen LogP contribution in [0.15, 0.2) is 24.3 Å². The summed E-state index contributed by atoms with van der Waals surface area (Å²) in [5, 5.41) is 0. The number of nitrogens with zero attached hydrogens (tertiary/aromatic N) is 1. The third-order valence-corrected chi connectivity index (χ3v) is 1.81. The summed E-state index contributed by atoms with van der Waals surface area (Å²) in [7, 11) is 1.56. The Hall–Kier alpha value is -0.770. The Morgan fingerprint density at radius 2 is 1.65 bits per heavy atom. The predicted molar refractivity (Wildman–Crippen MR) is 63.7 cm³/mol. The standard InChI is InChI=1S/C8H9F3N2O2S.H2S/c1-13(12)16-15-7-4-2-6(3-5-7)14-8(9,10)11;/h2-5H,12H2,1H3;1H2. The second-order valence-electron chi connectivity index (χ2n) is 2.72. The van der Waals surface area contributed by atoms with Gasteiger partial charge in [-0.05, 0) is 24.3 Å². The molecule has 98 valence electrons. The quantitative estimate of drug-likeness (QED) is 0.399. The third-order valence-electron chi connectivity index (χ3n) is 1.31. The molecule has 0 bridgehead atoms. The first-order chi connectivity index (χ1) is 7.37. The van der Waals surface area contributed by atoms with E-state index < -0.39 is 6.36 Å². The highest BCUT2D eigenvalue weighted by atomic mass is 32.2. The lowest BCUT2D eigenvalue weighted by molar-refractivity contribution is -0.274. The van der Waals surface area contributed by atoms with Crippen molar-refractivity contribution in [3.05, 3.63) is 24.3 Å². The molecule has 0 aromatic heterocycles. The van der Waals surface area contributed by atoms with Gasteiger partial charge in [0.1, 0.15) is 11.5 Å². The van der Waals surface area contributed by atoms with E-state index in [2.05, 4.69) is 4.74 Å². The van der Waals surface area contributed by atoms with E-state index in [1.165, 1.54) is 16.5 Å². The van der Waals surface area contributed by atoms with Crippen LogP contribution in [0.1, 0.15) is 0 Å². The van der Waals surface area contributed by atoms with Crippen LogP contribution in [0.5, 0.6) is 11.5 Å². The second kappa shape index (κ2) is 6.84. The second-order valence-corrected chi connectivity index (χ2v) is 3.61. The van der Waals surface area contributed by atoms with Gasteiger partial charge >= 0.3 is 6.36 Å². The van der Waals surface area contributed by atoms with Crippen molar-refractivity contribution >= 4 is 25.7 Å². The van der Waals surface area contributed by atoms with Gasteiger partial charge in [-0.25, -0.2) is 0 Å². The minimum absolute atomic E-state index is 0. The normalized spacial score (nSPS) is 10.9. The summed E-state index contributed by atoms with van der Waals surface area (Å²) in [6.07, 6.45) is -4.69. The molecule has 1 aromatic rings. The zero-order valence-corrected chi connectivity index (χ0v) is 10.5. The topological polar surface area (TPSA) is 47.7 Å². The van der Waals surface area contributed by atoms with Gasteiger partial charge in [0.15, 0.2) is 12.2 Å². The fourth-order valence-electron chi connectivity index (χ4n) is 0.799. The van der Waals surface area contributed by atoms with E-state index in [0.717, 1.165) is 24.4 Å². The van der Waals surface area contributed by atoms with Crippen LogP contribution in [0.3, 0.4) is 0 Å². The molecule has 1 aromatic carbocycles. The van der Waals surface area contributed by atoms with Gasteiger partial charge in [-0.15, -0.1) is 13.2 Å². The molecule has 0 amide bonds. The number of benzene rings is 1. The highest BCUT2D eigenvalue weighted by Gasteiger charge is 2.30. The van der Waals surface area contributed by atoms with Gasteiger partial charge < -0.3 is 8.92 Å². The lowest BCUT2D eigenvalue weighted by Gasteiger charge is -2.10. The number of rotatable bonds is 4. The summed E-state index contributed by atoms with van der Waals surface area (Å²) in [5.41, 5.74) is 0. The van der Waals surface area contributed by atoms with E-state index in [4.69, 9.17) is 10.0 Å². The molecular weight excluding hydrogens is 277 g/mol. The van der Waals surface area contributed by atoms with Crippen LogP contribution in [0.2, 0.25) is 0 Å². The first-order valence-electron chi connectivity index (χ1n) is 4.06. The number of nitrogens with two attached hydrogens (primary N) is 1. The average Bonchev–Trinajstić information content (AvgIpc) is 2.14. The largest absolute Gasteiger partial charge is 0.573 e. The molecule has 0 saturated carbocycles. The van der Waals surface area contributed by atoms with Crippen LogP contribution in [-0.2, 0) is 0 Å². The van der Waals surface area contributed by atoms with Crippen molar-refractivity contribution in [2.75, 3.05) is 7.05 Å². The highest BCUT2D eigenvalue weighted by molar-refractivity contribution is 7.92. The summed E-state index contributed by atoms with van der Waals surface area (Å²) in [6.45, 7) is 0. The summed E-state index contributed by atoms with van der Waals surface area (Å²) in [5.74, 6) is 5.32. The number of hydrogen-bond donors (Lipinski definition) is 1. The van der Waals surface area contributed by atoms with Crippen LogP contribution >= 0.6 is 25.7 Å². The van der Waals surface area contributed by atoms with Crippen molar-refractivity contribution in [1.29, 1.82) is 0 Å². The molecule has 0 fully saturated rings. The monoisotopic (exact) mass is 288 g/mol. The maximum absolute atomic E-state index is 11.8. The molecule has 17 heavy (non-hydrogen) atoms. The molecule has 0 heterocycles. The number of ether oxygens (including phenoxy) is 1. The molecule has 0 saturated heterocycles. The van der Waals surface area contributed by atoms with Crippen LogP contribution in [-0.4, -0.2) is 17.8 Å². The summed E-state index contributed by atoms with van der Waals surface area (Å²) in [4.78, 5) is 0. The van der Waals surface area contributed by atoms with Gasteiger partial charge in [-0.1, -0.05) is 0 Å². The molecule has 2 N–H and O–H groups in total. The Kier molecular flexibility index (Phi) is 6.53. The first-order valence-corrected chi connectivity index (χ1v) is 4.75. The molecule has 0 aliphatic heterocycles. The Labute approximate surface area is 108 Å². The van der Waals surface area contributed by atoms with E-state index in [9.17, 15) is 13.2 Å². The number of hydrogen-bond acceptors (Lipinski definition) is 5. The predicted octanol–water partition coefficient (Wildman–Crippen LogP) is 2.45. The van der Waals surface area contributed by atoms with Crippen LogP contribution in [0.25, 0.3) is 0 Å². The van der Waals surface area contributed by atoms with Crippen LogP contribution in [0.4, 0.5) is 13.2 Å². The Bertz CT molecular complexity index is 333. The Balaban J connectivity index is 0.00000256.